The molecule has 8 rings (SSSR count). The zero-order chi connectivity index (χ0) is 45.4. The number of nitrogens with one attached hydrogen (secondary N) is 1. The summed E-state index contributed by atoms with van der Waals surface area (Å²) in [6.07, 6.45) is -1.29. The smallest absolute Gasteiger partial charge is 0.326 e. The molecule has 0 fully saturated rings. The topological polar surface area (TPSA) is 192 Å². The molecular weight excluding hydrogens is 882 g/mol. The van der Waals surface area contributed by atoms with E-state index in [4.69, 9.17) is 42.5 Å². The summed E-state index contributed by atoms with van der Waals surface area (Å²) < 4.78 is 47.5. The lowest BCUT2D eigenvalue weighted by molar-refractivity contribution is -0.142. The fourth-order valence-electron chi connectivity index (χ4n) is 7.86. The van der Waals surface area contributed by atoms with Crippen molar-refractivity contribution < 1.29 is 41.9 Å². The second-order valence-corrected chi connectivity index (χ2v) is 18.1. The normalized spacial score (nSPS) is 16.5. The highest BCUT2D eigenvalue weighted by atomic mass is 35.5. The van der Waals surface area contributed by atoms with Gasteiger partial charge in [-0.2, -0.15) is 9.57 Å². The van der Waals surface area contributed by atoms with E-state index in [9.17, 15) is 27.9 Å². The van der Waals surface area contributed by atoms with Gasteiger partial charge in [0, 0.05) is 25.6 Å². The van der Waals surface area contributed by atoms with E-state index in [-0.39, 0.29) is 48.3 Å². The number of nitrogens with zero attached hydrogens (tertiary/aromatic N) is 4. The summed E-state index contributed by atoms with van der Waals surface area (Å²) in [4.78, 5) is 42.0. The number of hydrogen-bond donors (Lipinski definition) is 2. The number of sulfonamides is 1. The molecule has 0 saturated heterocycles. The summed E-state index contributed by atoms with van der Waals surface area (Å²) in [7, 11) is -2.87. The Hall–Kier alpha value is -6.70. The zero-order valence-corrected chi connectivity index (χ0v) is 36.9. The molecule has 0 aliphatic carbocycles. The molecule has 14 nitrogen and oxygen atoms in total. The first kappa shape index (κ1) is 43.9. The third-order valence-corrected chi connectivity index (χ3v) is 14.1. The highest BCUT2D eigenvalue weighted by Crippen LogP contribution is 2.43. The number of nitriles is 1. The SMILES string of the molecule is Cc1noc(C)c1S(=O)(=O)N1Cc2cc3c(cc2C[C@H]1C(=O)NC(Cc1ccc(-c2ccc(C#N)cc2)cc1)C(=O)O)N(C)C(=O)[C@H](c1ccc(OCc2ccc(Cl)c(Cl)c2)cc1)O3. The van der Waals surface area contributed by atoms with Crippen LogP contribution < -0.4 is 19.7 Å². The third kappa shape index (κ3) is 8.78. The van der Waals surface area contributed by atoms with Crippen LogP contribution in [0.3, 0.4) is 0 Å². The third-order valence-electron chi connectivity index (χ3n) is 11.3. The van der Waals surface area contributed by atoms with Crippen molar-refractivity contribution in [3.8, 4) is 28.7 Å². The Morgan fingerprint density at radius 3 is 2.23 bits per heavy atom. The number of carboxylic acids is 1. The van der Waals surface area contributed by atoms with Gasteiger partial charge in [0.1, 0.15) is 40.8 Å². The summed E-state index contributed by atoms with van der Waals surface area (Å²) in [6, 6.07) is 28.9. The molecule has 0 radical (unpaired) electrons. The lowest BCUT2D eigenvalue weighted by Crippen LogP contribution is -2.56. The van der Waals surface area contributed by atoms with E-state index in [0.29, 0.717) is 55.0 Å². The second kappa shape index (κ2) is 17.8. The number of carbonyl (C=O) groups excluding carboxylic acids is 2. The van der Waals surface area contributed by atoms with Crippen molar-refractivity contribution in [1.82, 2.24) is 14.8 Å². The van der Waals surface area contributed by atoms with Crippen LogP contribution in [0.5, 0.6) is 11.5 Å². The maximum absolute atomic E-state index is 14.5. The molecule has 64 heavy (non-hydrogen) atoms. The number of amides is 2. The predicted octanol–water partition coefficient (Wildman–Crippen LogP) is 7.74. The van der Waals surface area contributed by atoms with Gasteiger partial charge in [-0.1, -0.05) is 83.0 Å². The van der Waals surface area contributed by atoms with Crippen LogP contribution in [0.1, 0.15) is 50.9 Å². The van der Waals surface area contributed by atoms with Gasteiger partial charge < -0.3 is 29.3 Å². The standard InChI is InChI=1S/C47H39Cl2N5O9S/c1-26-44(27(2)63-52-26)64(59,60)54-24-35-22-42-40(53(3)46(56)43(62-42)33-13-15-36(16-14-33)61-25-30-8-17-37(48)38(49)18-30)20-34(35)21-41(54)45(55)51-39(47(57)58)19-28-4-9-31(10-5-28)32-11-6-29(23-50)7-12-32/h4-18,20,22,39,41,43H,19,21,24-25H2,1-3H3,(H,51,55)(H,57,58)/t39?,41-,43-/m0/s1. The molecule has 2 aliphatic heterocycles. The quantitative estimate of drug-likeness (QED) is 0.122. The van der Waals surface area contributed by atoms with Crippen LogP contribution in [0, 0.1) is 25.2 Å². The number of hydrogen-bond acceptors (Lipinski definition) is 10. The van der Waals surface area contributed by atoms with Gasteiger partial charge >= 0.3 is 5.97 Å². The van der Waals surface area contributed by atoms with Crippen molar-refractivity contribution in [1.29, 1.82) is 5.26 Å². The van der Waals surface area contributed by atoms with Crippen LogP contribution in [-0.2, 0) is 50.4 Å². The van der Waals surface area contributed by atoms with E-state index < -0.39 is 40.1 Å². The van der Waals surface area contributed by atoms with Gasteiger partial charge in [-0.25, -0.2) is 13.2 Å². The monoisotopic (exact) mass is 919 g/mol. The van der Waals surface area contributed by atoms with Crippen LogP contribution >= 0.6 is 23.2 Å². The number of rotatable bonds is 12. The van der Waals surface area contributed by atoms with Crippen LogP contribution in [-0.4, -0.2) is 59.9 Å². The number of carbonyl (C=O) groups is 3. The average Bonchev–Trinajstić information content (AvgIpc) is 3.64. The van der Waals surface area contributed by atoms with Crippen LogP contribution in [0.15, 0.2) is 113 Å². The highest BCUT2D eigenvalue weighted by Gasteiger charge is 2.44. The molecular formula is C47H39Cl2N5O9S. The molecule has 17 heteroatoms. The summed E-state index contributed by atoms with van der Waals surface area (Å²) in [5.74, 6) is -1.61. The molecule has 6 aromatic rings. The van der Waals surface area contributed by atoms with Crippen molar-refractivity contribution in [3.63, 3.8) is 0 Å². The molecule has 0 spiro atoms. The van der Waals surface area contributed by atoms with E-state index in [1.807, 2.05) is 30.3 Å². The molecule has 1 aromatic heterocycles. The largest absolute Gasteiger partial charge is 0.489 e. The molecule has 3 atom stereocenters. The number of carboxylic acid groups (broad SMARTS) is 1. The Kier molecular flexibility index (Phi) is 12.2. The summed E-state index contributed by atoms with van der Waals surface area (Å²) in [5, 5.41) is 26.7. The van der Waals surface area contributed by atoms with E-state index >= 15 is 0 Å². The molecule has 326 valence electrons. The first-order valence-electron chi connectivity index (χ1n) is 20.0. The summed E-state index contributed by atoms with van der Waals surface area (Å²) in [6.45, 7) is 2.88. The maximum Gasteiger partial charge on any atom is 0.326 e. The van der Waals surface area contributed by atoms with Gasteiger partial charge in [-0.3, -0.25) is 9.59 Å². The molecule has 3 heterocycles. The van der Waals surface area contributed by atoms with E-state index in [2.05, 4.69) is 16.5 Å². The number of aliphatic carboxylic acids is 1. The molecule has 2 N–H and O–H groups in total. The number of fused-ring (bicyclic) bond motifs is 2. The minimum Gasteiger partial charge on any atom is -0.489 e. The van der Waals surface area contributed by atoms with Crippen molar-refractivity contribution in [2.24, 2.45) is 0 Å². The molecule has 0 saturated carbocycles. The van der Waals surface area contributed by atoms with Gasteiger partial charge in [-0.15, -0.1) is 0 Å². The van der Waals surface area contributed by atoms with Gasteiger partial charge in [0.15, 0.2) is 5.76 Å². The minimum atomic E-state index is -4.47. The fourth-order valence-corrected chi connectivity index (χ4v) is 10.0. The molecule has 2 amide bonds. The minimum absolute atomic E-state index is 0.0258. The van der Waals surface area contributed by atoms with Gasteiger partial charge in [0.05, 0.1) is 27.4 Å². The Morgan fingerprint density at radius 1 is 0.938 bits per heavy atom. The lowest BCUT2D eigenvalue weighted by atomic mass is 9.93. The molecule has 0 bridgehead atoms. The van der Waals surface area contributed by atoms with E-state index in [0.717, 1.165) is 21.0 Å². The van der Waals surface area contributed by atoms with E-state index in [1.165, 1.54) is 18.7 Å². The van der Waals surface area contributed by atoms with E-state index in [1.54, 1.807) is 79.8 Å². The van der Waals surface area contributed by atoms with Crippen molar-refractivity contribution in [3.05, 3.63) is 158 Å². The van der Waals surface area contributed by atoms with Crippen LogP contribution in [0.2, 0.25) is 10.0 Å². The summed E-state index contributed by atoms with van der Waals surface area (Å²) >= 11 is 12.2. The Balaban J connectivity index is 1.04. The number of anilines is 1. The molecule has 1 unspecified atom stereocenters. The zero-order valence-electron chi connectivity index (χ0n) is 34.5. The second-order valence-electron chi connectivity index (χ2n) is 15.5. The highest BCUT2D eigenvalue weighted by molar-refractivity contribution is 7.89. The number of halogens is 2. The fraction of sp³-hybridized carbons (Fsp3) is 0.213. The first-order chi connectivity index (χ1) is 30.6. The Labute approximate surface area is 378 Å². The van der Waals surface area contributed by atoms with Gasteiger partial charge in [0.25, 0.3) is 5.91 Å². The Morgan fingerprint density at radius 2 is 1.61 bits per heavy atom. The van der Waals surface area contributed by atoms with Gasteiger partial charge in [0.2, 0.25) is 22.0 Å². The number of ether oxygens (including phenoxy) is 2. The number of aromatic nitrogens is 1. The average molecular weight is 921 g/mol. The number of benzene rings is 5. The van der Waals surface area contributed by atoms with Crippen molar-refractivity contribution >= 4 is 56.7 Å². The summed E-state index contributed by atoms with van der Waals surface area (Å²) in [5.41, 5.74) is 5.81. The first-order valence-corrected chi connectivity index (χ1v) is 22.1. The number of likely N-dealkylation sites (N-methyl/N-ethyl adjacent to an activating group) is 1. The van der Waals surface area contributed by atoms with Gasteiger partial charge in [-0.05, 0) is 102 Å². The Bertz CT molecular complexity index is 2930. The lowest BCUT2D eigenvalue weighted by Gasteiger charge is -2.38. The number of aryl methyl sites for hydroxylation is 2. The van der Waals surface area contributed by atoms with Crippen LogP contribution in [0.4, 0.5) is 5.69 Å². The van der Waals surface area contributed by atoms with Crippen LogP contribution in [0.25, 0.3) is 11.1 Å². The maximum atomic E-state index is 14.5. The predicted molar refractivity (Wildman–Crippen MR) is 237 cm³/mol. The van der Waals surface area contributed by atoms with Crippen molar-refractivity contribution in [2.45, 2.75) is 62.9 Å². The van der Waals surface area contributed by atoms with Crippen molar-refractivity contribution in [2.75, 3.05) is 11.9 Å². The molecule has 2 aliphatic rings. The molecule has 5 aromatic carbocycles.